The number of nitrogens with zero attached hydrogens (tertiary/aromatic N) is 5. The highest BCUT2D eigenvalue weighted by molar-refractivity contribution is 7.26. The van der Waals surface area contributed by atoms with Gasteiger partial charge in [0.25, 0.3) is 0 Å². The lowest BCUT2D eigenvalue weighted by molar-refractivity contribution is 1.12. The number of pyridine rings is 1. The first kappa shape index (κ1) is 55.0. The second-order valence-corrected chi connectivity index (χ2v) is 26.6. The Labute approximate surface area is 538 Å². The van der Waals surface area contributed by atoms with E-state index in [0.717, 1.165) is 123 Å². The highest BCUT2D eigenvalue weighted by atomic mass is 32.1. The first-order valence-corrected chi connectivity index (χ1v) is 32.5. The Bertz CT molecular complexity index is 5820. The van der Waals surface area contributed by atoms with Crippen molar-refractivity contribution in [1.82, 2.24) is 18.7 Å². The van der Waals surface area contributed by atoms with Crippen LogP contribution in [0.1, 0.15) is 50.3 Å². The number of fused-ring (bicyclic) bond motifs is 12. The molecule has 92 heavy (non-hydrogen) atoms. The predicted octanol–water partition coefficient (Wildman–Crippen LogP) is 23.4. The number of aryl methyl sites for hydroxylation is 8. The van der Waals surface area contributed by atoms with E-state index in [9.17, 15) is 5.26 Å². The zero-order valence-electron chi connectivity index (χ0n) is 52.7. The molecule has 0 spiro atoms. The van der Waals surface area contributed by atoms with E-state index < -0.39 is 0 Å². The molecule has 0 amide bonds. The summed E-state index contributed by atoms with van der Waals surface area (Å²) in [5.74, 6) is 0. The summed E-state index contributed by atoms with van der Waals surface area (Å²) in [6.07, 6.45) is 0. The van der Waals surface area contributed by atoms with Crippen molar-refractivity contribution < 1.29 is 0 Å². The van der Waals surface area contributed by atoms with Gasteiger partial charge in [-0.05, 0) is 233 Å². The van der Waals surface area contributed by atoms with E-state index in [1.54, 1.807) is 11.3 Å². The minimum atomic E-state index is 0.605. The number of hydrogen-bond acceptors (Lipinski definition) is 3. The molecule has 0 bridgehead atoms. The number of benzene rings is 12. The van der Waals surface area contributed by atoms with Crippen LogP contribution in [0.15, 0.2) is 237 Å². The normalized spacial score (nSPS) is 11.9. The zero-order valence-corrected chi connectivity index (χ0v) is 53.5. The maximum absolute atomic E-state index is 12.6. The van der Waals surface area contributed by atoms with Gasteiger partial charge in [-0.3, -0.25) is 4.98 Å². The van der Waals surface area contributed by atoms with E-state index in [2.05, 4.69) is 312 Å². The average Bonchev–Trinajstić information content (AvgIpc) is 0.769. The van der Waals surface area contributed by atoms with Gasteiger partial charge in [0.1, 0.15) is 6.07 Å². The third kappa shape index (κ3) is 8.60. The van der Waals surface area contributed by atoms with Gasteiger partial charge in [-0.25, -0.2) is 0 Å². The molecule has 17 rings (SSSR count). The van der Waals surface area contributed by atoms with Gasteiger partial charge in [0, 0.05) is 92.1 Å². The third-order valence-electron chi connectivity index (χ3n) is 19.1. The molecule has 0 fully saturated rings. The minimum Gasteiger partial charge on any atom is -0.309 e. The first-order chi connectivity index (χ1) is 44.8. The van der Waals surface area contributed by atoms with Crippen LogP contribution in [0.3, 0.4) is 0 Å². The van der Waals surface area contributed by atoms with Crippen LogP contribution in [0.5, 0.6) is 0 Å². The zero-order chi connectivity index (χ0) is 62.4. The molecular formula is C86H63N5S. The first-order valence-electron chi connectivity index (χ1n) is 31.7. The van der Waals surface area contributed by atoms with Crippen molar-refractivity contribution in [2.75, 3.05) is 0 Å². The van der Waals surface area contributed by atoms with Crippen LogP contribution in [-0.4, -0.2) is 18.7 Å². The minimum absolute atomic E-state index is 0.605. The number of aromatic nitrogens is 4. The van der Waals surface area contributed by atoms with Crippen LogP contribution in [0, 0.1) is 66.7 Å². The molecular weight excluding hydrogens is 1140 g/mol. The fraction of sp³-hybridized carbons (Fsp3) is 0.0930. The molecule has 17 aromatic rings. The maximum Gasteiger partial charge on any atom is 0.100 e. The summed E-state index contributed by atoms with van der Waals surface area (Å²) in [6.45, 7) is 17.2. The van der Waals surface area contributed by atoms with Crippen molar-refractivity contribution in [2.45, 2.75) is 55.4 Å². The maximum atomic E-state index is 12.6. The summed E-state index contributed by atoms with van der Waals surface area (Å²) in [6, 6.07) is 91.2. The number of thiophene rings is 1. The van der Waals surface area contributed by atoms with Crippen molar-refractivity contribution in [3.05, 3.63) is 287 Å². The van der Waals surface area contributed by atoms with Crippen molar-refractivity contribution in [2.24, 2.45) is 0 Å². The molecule has 5 nitrogen and oxygen atoms in total. The van der Waals surface area contributed by atoms with E-state index in [-0.39, 0.29) is 0 Å². The Morgan fingerprint density at radius 2 is 0.641 bits per heavy atom. The Morgan fingerprint density at radius 1 is 0.304 bits per heavy atom. The quantitative estimate of drug-likeness (QED) is 0.152. The monoisotopic (exact) mass is 1200 g/mol. The Hall–Kier alpha value is -11.1. The standard InChI is InChI=1S/C86H63N5S/c1-49-16-34-73-66(40-49)67-41-50(2)17-35-74(67)89(73)61-28-22-57(23-29-61)82-81(60-46-55(7)88-56(8)47-60)72(48-87)86(65-13-11-15-80-85(65)64-12-9-10-14-79(64)92-80)84(59-26-32-63(33-27-59)91-77-38-20-53(5)44-70(77)71-45-54(6)21-39-78(71)91)83(82)58-24-30-62(31-25-58)90-75-36-18-51(3)42-68(75)69-43-52(4)19-37-76(69)90/h9-47H,1-8H3. The van der Waals surface area contributed by atoms with Gasteiger partial charge >= 0.3 is 0 Å². The molecule has 0 aliphatic rings. The van der Waals surface area contributed by atoms with Gasteiger partial charge in [0.2, 0.25) is 0 Å². The summed E-state index contributed by atoms with van der Waals surface area (Å²) in [5.41, 5.74) is 29.6. The number of rotatable bonds is 8. The van der Waals surface area contributed by atoms with Gasteiger partial charge in [-0.15, -0.1) is 11.3 Å². The fourth-order valence-corrected chi connectivity index (χ4v) is 16.3. The van der Waals surface area contributed by atoms with Crippen LogP contribution in [0.4, 0.5) is 0 Å². The topological polar surface area (TPSA) is 51.5 Å². The van der Waals surface area contributed by atoms with Gasteiger partial charge < -0.3 is 13.7 Å². The fourth-order valence-electron chi connectivity index (χ4n) is 15.2. The van der Waals surface area contributed by atoms with Crippen molar-refractivity contribution in [1.29, 1.82) is 5.26 Å². The van der Waals surface area contributed by atoms with E-state index in [1.165, 1.54) is 80.5 Å². The van der Waals surface area contributed by atoms with Crippen LogP contribution in [-0.2, 0) is 0 Å². The summed E-state index contributed by atoms with van der Waals surface area (Å²) >= 11 is 1.80. The van der Waals surface area contributed by atoms with E-state index in [1.807, 2.05) is 0 Å². The predicted molar refractivity (Wildman–Crippen MR) is 390 cm³/mol. The van der Waals surface area contributed by atoms with Crippen molar-refractivity contribution in [3.63, 3.8) is 0 Å². The lowest BCUT2D eigenvalue weighted by Crippen LogP contribution is -2.04. The number of nitriles is 1. The van der Waals surface area contributed by atoms with Gasteiger partial charge in [0.15, 0.2) is 0 Å². The molecule has 0 saturated carbocycles. The van der Waals surface area contributed by atoms with Crippen molar-refractivity contribution >= 4 is 96.9 Å². The second kappa shape index (κ2) is 21.0. The molecule has 5 heterocycles. The molecule has 0 saturated heterocycles. The Morgan fingerprint density at radius 3 is 1.01 bits per heavy atom. The van der Waals surface area contributed by atoms with Crippen LogP contribution >= 0.6 is 11.3 Å². The second-order valence-electron chi connectivity index (χ2n) is 25.5. The molecule has 0 aliphatic heterocycles. The Balaban J connectivity index is 1.01. The third-order valence-corrected chi connectivity index (χ3v) is 20.3. The van der Waals surface area contributed by atoms with Gasteiger partial charge in [-0.1, -0.05) is 137 Å². The summed E-state index contributed by atoms with van der Waals surface area (Å²) in [5, 5.41) is 22.3. The lowest BCUT2D eigenvalue weighted by atomic mass is 9.75. The molecule has 438 valence electrons. The van der Waals surface area contributed by atoms with Gasteiger partial charge in [-0.2, -0.15) is 5.26 Å². The molecule has 0 N–H and O–H groups in total. The van der Waals surface area contributed by atoms with Crippen LogP contribution in [0.25, 0.3) is 158 Å². The van der Waals surface area contributed by atoms with E-state index in [0.29, 0.717) is 5.56 Å². The SMILES string of the molecule is Cc1ccc2c(c1)c1cc(C)ccc1n2-c1ccc(-c2c(-c3cc(C)nc(C)c3)c(C#N)c(-c3cccc4sc5ccccc5c34)c(-c3ccc(-n4c5ccc(C)cc5c5cc(C)ccc54)cc3)c2-c2ccc(-n3c4ccc(C)cc4c4cc(C)ccc43)cc2)cc1. The summed E-state index contributed by atoms with van der Waals surface area (Å²) < 4.78 is 9.60. The van der Waals surface area contributed by atoms with Gasteiger partial charge in [0.05, 0.1) is 38.7 Å². The number of hydrogen-bond donors (Lipinski definition) is 0. The largest absolute Gasteiger partial charge is 0.309 e. The molecule has 0 unspecified atom stereocenters. The summed E-state index contributed by atoms with van der Waals surface area (Å²) in [7, 11) is 0. The van der Waals surface area contributed by atoms with Crippen LogP contribution in [0.2, 0.25) is 0 Å². The lowest BCUT2D eigenvalue weighted by Gasteiger charge is -2.27. The molecule has 0 aliphatic carbocycles. The van der Waals surface area contributed by atoms with Crippen LogP contribution < -0.4 is 0 Å². The molecule has 0 atom stereocenters. The molecule has 6 heteroatoms. The Kier molecular flexibility index (Phi) is 12.6. The summed E-state index contributed by atoms with van der Waals surface area (Å²) in [4.78, 5) is 4.99. The molecule has 0 radical (unpaired) electrons. The highest BCUT2D eigenvalue weighted by Gasteiger charge is 2.31. The molecule has 5 aromatic heterocycles. The van der Waals surface area contributed by atoms with E-state index >= 15 is 0 Å². The molecule has 12 aromatic carbocycles. The van der Waals surface area contributed by atoms with E-state index in [4.69, 9.17) is 4.98 Å². The average molecular weight is 1200 g/mol. The van der Waals surface area contributed by atoms with Crippen molar-refractivity contribution in [3.8, 4) is 78.8 Å². The smallest absolute Gasteiger partial charge is 0.100 e. The highest BCUT2D eigenvalue weighted by Crippen LogP contribution is 2.55.